The van der Waals surface area contributed by atoms with E-state index in [1.807, 2.05) is 18.2 Å². The van der Waals surface area contributed by atoms with Gasteiger partial charge in [0.15, 0.2) is 0 Å². The molecule has 0 aromatic heterocycles. The Morgan fingerprint density at radius 1 is 1.21 bits per heavy atom. The van der Waals surface area contributed by atoms with Crippen molar-refractivity contribution in [1.82, 2.24) is 10.2 Å². The van der Waals surface area contributed by atoms with Gasteiger partial charge in [0, 0.05) is 31.2 Å². The third-order valence-electron chi connectivity index (χ3n) is 4.06. The lowest BCUT2D eigenvalue weighted by atomic mass is 10.1. The molecule has 158 valence electrons. The van der Waals surface area contributed by atoms with Gasteiger partial charge in [-0.15, -0.1) is 0 Å². The molecular weight excluding hydrogens is 388 g/mol. The lowest BCUT2D eigenvalue weighted by Crippen LogP contribution is -2.40. The maximum Gasteiger partial charge on any atom is 0.414 e. The molecule has 0 saturated carbocycles. The fourth-order valence-corrected chi connectivity index (χ4v) is 2.74. The van der Waals surface area contributed by atoms with Crippen molar-refractivity contribution in [1.29, 1.82) is 0 Å². The number of morpholine rings is 1. The summed E-state index contributed by atoms with van der Waals surface area (Å²) in [5.41, 5.74) is 1.14. The summed E-state index contributed by atoms with van der Waals surface area (Å²) in [6, 6.07) is 5.89. The number of nitrogens with zero attached hydrogens (tertiary/aromatic N) is 1. The molecule has 8 nitrogen and oxygen atoms in total. The molecule has 0 radical (unpaired) electrons. The van der Waals surface area contributed by atoms with Gasteiger partial charge in [-0.3, -0.25) is 4.90 Å². The molecule has 1 fully saturated rings. The number of ether oxygens (including phenoxy) is 2. The Kier molecular flexibility index (Phi) is 12.2. The molecule has 1 aromatic carbocycles. The topological polar surface area (TPSA) is 108 Å². The van der Waals surface area contributed by atoms with Crippen LogP contribution in [0.2, 0.25) is 5.02 Å². The summed E-state index contributed by atoms with van der Waals surface area (Å²) < 4.78 is 11.1. The number of halogens is 1. The van der Waals surface area contributed by atoms with Crippen LogP contribution in [0.25, 0.3) is 0 Å². The van der Waals surface area contributed by atoms with Crippen LogP contribution in [0, 0.1) is 0 Å². The van der Waals surface area contributed by atoms with Crippen LogP contribution < -0.4 is 10.1 Å². The minimum Gasteiger partial charge on any atom is -0.494 e. The van der Waals surface area contributed by atoms with E-state index in [-0.39, 0.29) is 0 Å². The summed E-state index contributed by atoms with van der Waals surface area (Å²) in [7, 11) is 0. The van der Waals surface area contributed by atoms with E-state index in [1.165, 1.54) is 0 Å². The second kappa shape index (κ2) is 14.2. The maximum atomic E-state index is 9.10. The van der Waals surface area contributed by atoms with Crippen molar-refractivity contribution in [3.8, 4) is 5.75 Å². The molecule has 28 heavy (non-hydrogen) atoms. The minimum absolute atomic E-state index is 0.731. The summed E-state index contributed by atoms with van der Waals surface area (Å²) in [6.07, 6.45) is 1.94. The first-order valence-corrected chi connectivity index (χ1v) is 9.70. The van der Waals surface area contributed by atoms with Crippen molar-refractivity contribution >= 4 is 23.5 Å². The molecule has 1 heterocycles. The first-order valence-electron chi connectivity index (χ1n) is 9.32. The van der Waals surface area contributed by atoms with Crippen molar-refractivity contribution < 1.29 is 29.3 Å². The van der Waals surface area contributed by atoms with E-state index < -0.39 is 11.9 Å². The third kappa shape index (κ3) is 10.5. The van der Waals surface area contributed by atoms with Crippen molar-refractivity contribution in [2.45, 2.75) is 19.8 Å². The largest absolute Gasteiger partial charge is 0.494 e. The normalized spacial score (nSPS) is 14.1. The van der Waals surface area contributed by atoms with E-state index in [2.05, 4.69) is 17.1 Å². The van der Waals surface area contributed by atoms with E-state index in [1.54, 1.807) is 0 Å². The quantitative estimate of drug-likeness (QED) is 0.412. The zero-order valence-corrected chi connectivity index (χ0v) is 16.9. The van der Waals surface area contributed by atoms with E-state index in [9.17, 15) is 0 Å². The minimum atomic E-state index is -1.82. The van der Waals surface area contributed by atoms with Gasteiger partial charge >= 0.3 is 11.9 Å². The van der Waals surface area contributed by atoms with Crippen molar-refractivity contribution in [3.05, 3.63) is 28.8 Å². The molecule has 0 unspecified atom stereocenters. The zero-order chi connectivity index (χ0) is 20.8. The molecule has 0 aliphatic carbocycles. The Labute approximate surface area is 170 Å². The van der Waals surface area contributed by atoms with Gasteiger partial charge < -0.3 is 25.0 Å². The standard InChI is InChI=1S/C17H27ClN2O2.C2H2O4/c1-2-15-14-16(4-5-17(15)18)22-11-3-6-19-7-8-20-9-12-21-13-10-20;3-1(4)2(5)6/h4-5,14,19H,2-3,6-13H2,1H3;(H,3,4)(H,5,6). The number of carboxylic acids is 2. The van der Waals surface area contributed by atoms with Crippen LogP contribution in [-0.2, 0) is 20.7 Å². The highest BCUT2D eigenvalue weighted by molar-refractivity contribution is 6.31. The van der Waals surface area contributed by atoms with E-state index in [0.717, 1.165) is 81.7 Å². The molecule has 3 N–H and O–H groups in total. The second-order valence-electron chi connectivity index (χ2n) is 6.12. The fourth-order valence-electron chi connectivity index (χ4n) is 2.49. The zero-order valence-electron chi connectivity index (χ0n) is 16.2. The number of carboxylic acid groups (broad SMARTS) is 2. The maximum absolute atomic E-state index is 9.10. The fraction of sp³-hybridized carbons (Fsp3) is 0.579. The number of nitrogens with one attached hydrogen (secondary N) is 1. The van der Waals surface area contributed by atoms with Crippen LogP contribution in [-0.4, -0.2) is 79.6 Å². The predicted molar refractivity (Wildman–Crippen MR) is 106 cm³/mol. The number of rotatable bonds is 9. The van der Waals surface area contributed by atoms with Crippen LogP contribution in [0.15, 0.2) is 18.2 Å². The summed E-state index contributed by atoms with van der Waals surface area (Å²) >= 11 is 6.10. The van der Waals surface area contributed by atoms with Crippen molar-refractivity contribution in [2.24, 2.45) is 0 Å². The Balaban J connectivity index is 0.000000568. The number of benzene rings is 1. The second-order valence-corrected chi connectivity index (χ2v) is 6.53. The number of hydrogen-bond acceptors (Lipinski definition) is 6. The Hall–Kier alpha value is -1.87. The molecule has 0 atom stereocenters. The molecule has 0 spiro atoms. The third-order valence-corrected chi connectivity index (χ3v) is 4.42. The van der Waals surface area contributed by atoms with Crippen molar-refractivity contribution in [2.75, 3.05) is 52.5 Å². The van der Waals surface area contributed by atoms with Crippen LogP contribution in [0.3, 0.4) is 0 Å². The molecule has 1 aliphatic rings. The highest BCUT2D eigenvalue weighted by Crippen LogP contribution is 2.22. The average Bonchev–Trinajstić information content (AvgIpc) is 2.69. The summed E-state index contributed by atoms with van der Waals surface area (Å²) in [6.45, 7) is 9.80. The molecular formula is C19H29ClN2O6. The molecule has 2 rings (SSSR count). The van der Waals surface area contributed by atoms with Gasteiger partial charge in [-0.05, 0) is 43.1 Å². The SMILES string of the molecule is CCc1cc(OCCCNCCN2CCOCC2)ccc1Cl.O=C(O)C(=O)O. The summed E-state index contributed by atoms with van der Waals surface area (Å²) in [5, 5.41) is 19.1. The average molecular weight is 417 g/mol. The lowest BCUT2D eigenvalue weighted by molar-refractivity contribution is -0.159. The number of carbonyl (C=O) groups is 2. The summed E-state index contributed by atoms with van der Waals surface area (Å²) in [5.74, 6) is -2.74. The van der Waals surface area contributed by atoms with Gasteiger partial charge in [0.25, 0.3) is 0 Å². The Morgan fingerprint density at radius 2 is 1.89 bits per heavy atom. The van der Waals surface area contributed by atoms with Gasteiger partial charge in [0.2, 0.25) is 0 Å². The van der Waals surface area contributed by atoms with Crippen LogP contribution >= 0.6 is 11.6 Å². The molecule has 1 saturated heterocycles. The van der Waals surface area contributed by atoms with Gasteiger partial charge in [-0.2, -0.15) is 0 Å². The number of aryl methyl sites for hydroxylation is 1. The van der Waals surface area contributed by atoms with Gasteiger partial charge in [-0.1, -0.05) is 18.5 Å². The van der Waals surface area contributed by atoms with Gasteiger partial charge in [0.05, 0.1) is 19.8 Å². The van der Waals surface area contributed by atoms with E-state index in [0.29, 0.717) is 0 Å². The van der Waals surface area contributed by atoms with E-state index >= 15 is 0 Å². The van der Waals surface area contributed by atoms with Crippen LogP contribution in [0.4, 0.5) is 0 Å². The first-order chi connectivity index (χ1) is 13.4. The first kappa shape index (κ1) is 24.2. The molecule has 1 aromatic rings. The molecule has 9 heteroatoms. The highest BCUT2D eigenvalue weighted by atomic mass is 35.5. The number of aliphatic carboxylic acids is 2. The Morgan fingerprint density at radius 3 is 2.50 bits per heavy atom. The van der Waals surface area contributed by atoms with Crippen molar-refractivity contribution in [3.63, 3.8) is 0 Å². The van der Waals surface area contributed by atoms with Crippen LogP contribution in [0.5, 0.6) is 5.75 Å². The smallest absolute Gasteiger partial charge is 0.414 e. The van der Waals surface area contributed by atoms with E-state index in [4.69, 9.17) is 40.9 Å². The lowest BCUT2D eigenvalue weighted by Gasteiger charge is -2.26. The molecule has 0 bridgehead atoms. The van der Waals surface area contributed by atoms with Crippen LogP contribution in [0.1, 0.15) is 18.9 Å². The molecule has 1 aliphatic heterocycles. The van der Waals surface area contributed by atoms with Gasteiger partial charge in [0.1, 0.15) is 5.75 Å². The predicted octanol–water partition coefficient (Wildman–Crippen LogP) is 1.75. The monoisotopic (exact) mass is 416 g/mol. The highest BCUT2D eigenvalue weighted by Gasteiger charge is 2.08. The van der Waals surface area contributed by atoms with Gasteiger partial charge in [-0.25, -0.2) is 9.59 Å². The number of hydrogen-bond donors (Lipinski definition) is 3. The Bertz CT molecular complexity index is 596. The summed E-state index contributed by atoms with van der Waals surface area (Å²) in [4.78, 5) is 20.6. The molecule has 0 amide bonds.